The third-order valence-electron chi connectivity index (χ3n) is 3.40. The van der Waals surface area contributed by atoms with Gasteiger partial charge in [0.25, 0.3) is 11.8 Å². The van der Waals surface area contributed by atoms with Crippen molar-refractivity contribution in [3.8, 4) is 16.5 Å². The smallest absolute Gasteiger partial charge is 0.338 e. The third kappa shape index (κ3) is 3.33. The van der Waals surface area contributed by atoms with Gasteiger partial charge in [0.1, 0.15) is 0 Å². The lowest BCUT2D eigenvalue weighted by atomic mass is 10.2. The van der Waals surface area contributed by atoms with Crippen LogP contribution in [0.4, 0.5) is 0 Å². The first-order valence-electron chi connectivity index (χ1n) is 7.43. The zero-order valence-corrected chi connectivity index (χ0v) is 13.7. The van der Waals surface area contributed by atoms with Crippen molar-refractivity contribution < 1.29 is 13.9 Å². The van der Waals surface area contributed by atoms with Crippen molar-refractivity contribution in [1.29, 1.82) is 0 Å². The maximum Gasteiger partial charge on any atom is 0.338 e. The van der Waals surface area contributed by atoms with Gasteiger partial charge in [-0.3, -0.25) is 0 Å². The van der Waals surface area contributed by atoms with Gasteiger partial charge in [-0.2, -0.15) is 5.10 Å². The molecule has 0 aliphatic heterocycles. The molecule has 0 aliphatic rings. The van der Waals surface area contributed by atoms with E-state index in [2.05, 4.69) is 15.3 Å². The fraction of sp³-hybridized carbons (Fsp3) is 0.0588. The minimum Gasteiger partial charge on any atom is -0.452 e. The molecule has 124 valence electrons. The van der Waals surface area contributed by atoms with Crippen molar-refractivity contribution in [2.45, 2.75) is 6.61 Å². The fourth-order valence-corrected chi connectivity index (χ4v) is 2.84. The normalized spacial score (nSPS) is 10.7. The number of carbonyl (C=O) groups is 1. The Hall–Kier alpha value is -3.26. The number of benzene rings is 1. The van der Waals surface area contributed by atoms with Gasteiger partial charge in [0, 0.05) is 12.4 Å². The molecule has 4 rings (SSSR count). The van der Waals surface area contributed by atoms with Crippen LogP contribution in [0.2, 0.25) is 0 Å². The summed E-state index contributed by atoms with van der Waals surface area (Å²) in [4.78, 5) is 13.0. The summed E-state index contributed by atoms with van der Waals surface area (Å²) in [7, 11) is 0. The first kappa shape index (κ1) is 15.3. The van der Waals surface area contributed by atoms with Gasteiger partial charge in [-0.15, -0.1) is 21.5 Å². The van der Waals surface area contributed by atoms with Crippen LogP contribution in [0.25, 0.3) is 16.5 Å². The van der Waals surface area contributed by atoms with E-state index in [4.69, 9.17) is 9.15 Å². The van der Waals surface area contributed by atoms with Gasteiger partial charge in [0.2, 0.25) is 0 Å². The highest BCUT2D eigenvalue weighted by Gasteiger charge is 2.13. The molecule has 0 unspecified atom stereocenters. The van der Waals surface area contributed by atoms with Crippen LogP contribution in [-0.4, -0.2) is 25.9 Å². The second-order valence-electron chi connectivity index (χ2n) is 5.05. The third-order valence-corrected chi connectivity index (χ3v) is 4.26. The molecule has 7 nitrogen and oxygen atoms in total. The van der Waals surface area contributed by atoms with Crippen molar-refractivity contribution in [3.05, 3.63) is 71.7 Å². The Morgan fingerprint density at radius 1 is 1.16 bits per heavy atom. The number of hydrogen-bond acceptors (Lipinski definition) is 7. The SMILES string of the molecule is O=C(OCc1nnc(-c2cccs2)o1)c1ccc(-n2cccn2)cc1. The van der Waals surface area contributed by atoms with E-state index in [1.807, 2.05) is 29.8 Å². The number of thiophene rings is 1. The maximum absolute atomic E-state index is 12.1. The van der Waals surface area contributed by atoms with Gasteiger partial charge < -0.3 is 9.15 Å². The van der Waals surface area contributed by atoms with E-state index >= 15 is 0 Å². The summed E-state index contributed by atoms with van der Waals surface area (Å²) < 4.78 is 12.4. The average molecular weight is 352 g/mol. The van der Waals surface area contributed by atoms with E-state index in [9.17, 15) is 4.79 Å². The summed E-state index contributed by atoms with van der Waals surface area (Å²) in [6.45, 7) is -0.0713. The number of ether oxygens (including phenoxy) is 1. The zero-order chi connectivity index (χ0) is 17.1. The highest BCUT2D eigenvalue weighted by atomic mass is 32.1. The lowest BCUT2D eigenvalue weighted by molar-refractivity contribution is 0.0438. The summed E-state index contributed by atoms with van der Waals surface area (Å²) in [5, 5.41) is 13.9. The second kappa shape index (κ2) is 6.70. The van der Waals surface area contributed by atoms with Gasteiger partial charge in [0.05, 0.1) is 16.1 Å². The molecule has 0 fully saturated rings. The van der Waals surface area contributed by atoms with E-state index in [-0.39, 0.29) is 12.5 Å². The van der Waals surface area contributed by atoms with Crippen LogP contribution in [0.15, 0.2) is 64.7 Å². The summed E-state index contributed by atoms with van der Waals surface area (Å²) in [6.07, 6.45) is 3.52. The number of nitrogens with zero attached hydrogens (tertiary/aromatic N) is 4. The number of aromatic nitrogens is 4. The zero-order valence-electron chi connectivity index (χ0n) is 12.9. The van der Waals surface area contributed by atoms with Crippen molar-refractivity contribution in [3.63, 3.8) is 0 Å². The summed E-state index contributed by atoms with van der Waals surface area (Å²) in [5.74, 6) is 0.220. The Morgan fingerprint density at radius 3 is 2.76 bits per heavy atom. The van der Waals surface area contributed by atoms with Crippen LogP contribution in [0, 0.1) is 0 Å². The highest BCUT2D eigenvalue weighted by molar-refractivity contribution is 7.13. The standard InChI is InChI=1S/C17H12N4O3S/c22-17(12-4-6-13(7-5-12)21-9-2-8-18-21)23-11-15-19-20-16(24-15)14-3-1-10-25-14/h1-10H,11H2. The minimum absolute atomic E-state index is 0.0713. The second-order valence-corrected chi connectivity index (χ2v) is 6.00. The summed E-state index contributed by atoms with van der Waals surface area (Å²) in [6, 6.07) is 12.6. The highest BCUT2D eigenvalue weighted by Crippen LogP contribution is 2.23. The molecular weight excluding hydrogens is 340 g/mol. The largest absolute Gasteiger partial charge is 0.452 e. The van der Waals surface area contributed by atoms with Gasteiger partial charge in [0.15, 0.2) is 6.61 Å². The van der Waals surface area contributed by atoms with Gasteiger partial charge in [-0.1, -0.05) is 6.07 Å². The van der Waals surface area contributed by atoms with Crippen molar-refractivity contribution >= 4 is 17.3 Å². The van der Waals surface area contributed by atoms with Crippen molar-refractivity contribution in [2.24, 2.45) is 0 Å². The minimum atomic E-state index is -0.456. The maximum atomic E-state index is 12.1. The molecule has 0 bridgehead atoms. The van der Waals surface area contributed by atoms with Crippen LogP contribution in [0.1, 0.15) is 16.2 Å². The lowest BCUT2D eigenvalue weighted by Gasteiger charge is -2.04. The number of esters is 1. The van der Waals surface area contributed by atoms with E-state index in [1.54, 1.807) is 35.1 Å². The molecule has 0 amide bonds. The quantitative estimate of drug-likeness (QED) is 0.512. The Kier molecular flexibility index (Phi) is 4.09. The van der Waals surface area contributed by atoms with Crippen molar-refractivity contribution in [2.75, 3.05) is 0 Å². The monoisotopic (exact) mass is 352 g/mol. The molecule has 4 aromatic rings. The topological polar surface area (TPSA) is 83.0 Å². The number of carbonyl (C=O) groups excluding carboxylic acids is 1. The molecule has 0 atom stereocenters. The lowest BCUT2D eigenvalue weighted by Crippen LogP contribution is -2.06. The molecule has 0 spiro atoms. The molecule has 3 aromatic heterocycles. The molecule has 3 heterocycles. The Morgan fingerprint density at radius 2 is 2.04 bits per heavy atom. The summed E-state index contributed by atoms with van der Waals surface area (Å²) >= 11 is 1.50. The first-order chi connectivity index (χ1) is 12.3. The molecule has 25 heavy (non-hydrogen) atoms. The predicted molar refractivity (Wildman–Crippen MR) is 90.3 cm³/mol. The van der Waals surface area contributed by atoms with E-state index in [0.29, 0.717) is 11.5 Å². The Labute approximate surface area is 146 Å². The summed E-state index contributed by atoms with van der Waals surface area (Å²) in [5.41, 5.74) is 1.30. The molecule has 0 saturated heterocycles. The van der Waals surface area contributed by atoms with Crippen LogP contribution in [0.5, 0.6) is 0 Å². The Bertz CT molecular complexity index is 960. The number of hydrogen-bond donors (Lipinski definition) is 0. The van der Waals surface area contributed by atoms with Crippen LogP contribution >= 0.6 is 11.3 Å². The van der Waals surface area contributed by atoms with Crippen LogP contribution in [-0.2, 0) is 11.3 Å². The van der Waals surface area contributed by atoms with Crippen molar-refractivity contribution in [1.82, 2.24) is 20.0 Å². The molecule has 0 N–H and O–H groups in total. The van der Waals surface area contributed by atoms with Gasteiger partial charge >= 0.3 is 5.97 Å². The molecule has 1 aromatic carbocycles. The molecule has 0 aliphatic carbocycles. The predicted octanol–water partition coefficient (Wildman–Crippen LogP) is 3.34. The molecule has 0 saturated carbocycles. The first-order valence-corrected chi connectivity index (χ1v) is 8.31. The average Bonchev–Trinajstić information content (AvgIpc) is 3.42. The van der Waals surface area contributed by atoms with Crippen LogP contribution < -0.4 is 0 Å². The Balaban J connectivity index is 1.39. The van der Waals surface area contributed by atoms with E-state index in [1.165, 1.54) is 11.3 Å². The molecular formula is C17H12N4O3S. The molecule has 0 radical (unpaired) electrons. The van der Waals surface area contributed by atoms with Gasteiger partial charge in [-0.25, -0.2) is 9.48 Å². The van der Waals surface area contributed by atoms with E-state index in [0.717, 1.165) is 10.6 Å². The fourth-order valence-electron chi connectivity index (χ4n) is 2.19. The number of rotatable bonds is 5. The molecule has 8 heteroatoms. The van der Waals surface area contributed by atoms with Gasteiger partial charge in [-0.05, 0) is 41.8 Å². The van der Waals surface area contributed by atoms with Crippen LogP contribution in [0.3, 0.4) is 0 Å². The van der Waals surface area contributed by atoms with E-state index < -0.39 is 5.97 Å².